The number of hydrogen-bond acceptors (Lipinski definition) is 5. The van der Waals surface area contributed by atoms with Crippen molar-refractivity contribution >= 4 is 33.4 Å². The van der Waals surface area contributed by atoms with E-state index in [2.05, 4.69) is 10.3 Å². The molecule has 1 N–H and O–H groups in total. The fraction of sp³-hybridized carbons (Fsp3) is 0.333. The summed E-state index contributed by atoms with van der Waals surface area (Å²) in [5.74, 6) is -0.528. The molecule has 0 aliphatic carbocycles. The van der Waals surface area contributed by atoms with Crippen LogP contribution in [0.1, 0.15) is 16.7 Å². The number of anilines is 1. The largest absolute Gasteiger partial charge is 0.417 e. The second-order valence-electron chi connectivity index (χ2n) is 6.42. The van der Waals surface area contributed by atoms with E-state index in [1.54, 1.807) is 13.8 Å². The molecular formula is C18H20F3N3O3S2. The molecule has 6 nitrogen and oxygen atoms in total. The highest BCUT2D eigenvalue weighted by atomic mass is 32.2. The number of carbonyl (C=O) groups excluding carboxylic acids is 1. The first kappa shape index (κ1) is 23.2. The number of thioether (sulfide) groups is 1. The zero-order valence-electron chi connectivity index (χ0n) is 16.2. The van der Waals surface area contributed by atoms with Crippen molar-refractivity contribution < 1.29 is 26.4 Å². The summed E-state index contributed by atoms with van der Waals surface area (Å²) in [6.07, 6.45) is -3.76. The van der Waals surface area contributed by atoms with Crippen LogP contribution in [-0.4, -0.2) is 43.5 Å². The number of nitrogens with one attached hydrogen (secondary N) is 1. The Morgan fingerprint density at radius 3 is 2.38 bits per heavy atom. The molecule has 1 aromatic carbocycles. The lowest BCUT2D eigenvalue weighted by atomic mass is 10.1. The maximum Gasteiger partial charge on any atom is 0.417 e. The van der Waals surface area contributed by atoms with Crippen molar-refractivity contribution in [2.75, 3.05) is 25.2 Å². The monoisotopic (exact) mass is 447 g/mol. The van der Waals surface area contributed by atoms with Gasteiger partial charge in [-0.1, -0.05) is 11.8 Å². The Morgan fingerprint density at radius 1 is 1.21 bits per heavy atom. The number of benzene rings is 1. The number of amides is 1. The van der Waals surface area contributed by atoms with Crippen molar-refractivity contribution in [3.05, 3.63) is 47.2 Å². The fourth-order valence-corrected chi connectivity index (χ4v) is 3.93. The van der Waals surface area contributed by atoms with Gasteiger partial charge >= 0.3 is 6.18 Å². The highest BCUT2D eigenvalue weighted by molar-refractivity contribution is 7.99. The zero-order chi connectivity index (χ0) is 22.0. The minimum atomic E-state index is -4.47. The molecule has 1 amide bonds. The van der Waals surface area contributed by atoms with Gasteiger partial charge in [0.2, 0.25) is 15.9 Å². The van der Waals surface area contributed by atoms with Crippen molar-refractivity contribution in [2.24, 2.45) is 0 Å². The summed E-state index contributed by atoms with van der Waals surface area (Å²) in [4.78, 5) is 16.0. The van der Waals surface area contributed by atoms with E-state index in [1.807, 2.05) is 0 Å². The minimum absolute atomic E-state index is 0.0537. The molecule has 0 aliphatic rings. The molecule has 29 heavy (non-hydrogen) atoms. The molecule has 2 rings (SSSR count). The van der Waals surface area contributed by atoms with Gasteiger partial charge in [0.05, 0.1) is 21.2 Å². The van der Waals surface area contributed by atoms with Crippen LogP contribution in [0.2, 0.25) is 0 Å². The molecule has 0 aliphatic heterocycles. The Morgan fingerprint density at radius 2 is 1.86 bits per heavy atom. The average molecular weight is 448 g/mol. The highest BCUT2D eigenvalue weighted by Gasteiger charge is 2.30. The molecular weight excluding hydrogens is 427 g/mol. The van der Waals surface area contributed by atoms with Crippen molar-refractivity contribution in [3.63, 3.8) is 0 Å². The van der Waals surface area contributed by atoms with Crippen LogP contribution < -0.4 is 5.32 Å². The number of alkyl halides is 3. The lowest BCUT2D eigenvalue weighted by molar-refractivity contribution is -0.137. The number of aryl methyl sites for hydroxylation is 1. The number of rotatable bonds is 6. The van der Waals surface area contributed by atoms with Crippen molar-refractivity contribution in [1.82, 2.24) is 9.29 Å². The van der Waals surface area contributed by atoms with Crippen LogP contribution in [0, 0.1) is 13.8 Å². The predicted octanol–water partition coefficient (Wildman–Crippen LogP) is 3.70. The molecule has 0 saturated carbocycles. The molecule has 0 spiro atoms. The van der Waals surface area contributed by atoms with Crippen LogP contribution >= 0.6 is 11.8 Å². The number of halogens is 3. The normalized spacial score (nSPS) is 12.3. The first-order chi connectivity index (χ1) is 13.3. The zero-order valence-corrected chi connectivity index (χ0v) is 17.8. The summed E-state index contributed by atoms with van der Waals surface area (Å²) in [6.45, 7) is 3.49. The van der Waals surface area contributed by atoms with Gasteiger partial charge in [-0.3, -0.25) is 4.79 Å². The van der Waals surface area contributed by atoms with Crippen LogP contribution in [0.3, 0.4) is 0 Å². The van der Waals surface area contributed by atoms with Crippen LogP contribution in [0.15, 0.2) is 40.4 Å². The lowest BCUT2D eigenvalue weighted by Gasteiger charge is -2.16. The van der Waals surface area contributed by atoms with Gasteiger partial charge in [0, 0.05) is 26.0 Å². The molecule has 1 aromatic heterocycles. The molecule has 1 heterocycles. The maximum absolute atomic E-state index is 12.6. The van der Waals surface area contributed by atoms with E-state index in [0.717, 1.165) is 22.1 Å². The van der Waals surface area contributed by atoms with Crippen LogP contribution in [0.5, 0.6) is 0 Å². The van der Waals surface area contributed by atoms with E-state index in [4.69, 9.17) is 0 Å². The Balaban J connectivity index is 2.12. The number of nitrogens with zero attached hydrogens (tertiary/aromatic N) is 2. The van der Waals surface area contributed by atoms with E-state index in [0.29, 0.717) is 23.0 Å². The van der Waals surface area contributed by atoms with Gasteiger partial charge < -0.3 is 5.32 Å². The van der Waals surface area contributed by atoms with Gasteiger partial charge in [-0.05, 0) is 49.2 Å². The van der Waals surface area contributed by atoms with E-state index in [1.165, 1.54) is 32.3 Å². The fourth-order valence-electron chi connectivity index (χ4n) is 2.27. The third-order valence-electron chi connectivity index (χ3n) is 4.11. The summed E-state index contributed by atoms with van der Waals surface area (Å²) >= 11 is 0.975. The molecule has 0 radical (unpaired) electrons. The molecule has 2 aromatic rings. The molecule has 0 unspecified atom stereocenters. The molecule has 11 heteroatoms. The van der Waals surface area contributed by atoms with Crippen LogP contribution in [0.4, 0.5) is 18.9 Å². The third-order valence-corrected chi connectivity index (χ3v) is 6.84. The maximum atomic E-state index is 12.6. The number of aromatic nitrogens is 1. The van der Waals surface area contributed by atoms with Gasteiger partial charge in [-0.2, -0.15) is 13.2 Å². The first-order valence-electron chi connectivity index (χ1n) is 8.32. The van der Waals surface area contributed by atoms with Crippen LogP contribution in [0.25, 0.3) is 0 Å². The Bertz CT molecular complexity index is 1010. The second-order valence-corrected chi connectivity index (χ2v) is 9.57. The van der Waals surface area contributed by atoms with E-state index in [9.17, 15) is 26.4 Å². The second kappa shape index (κ2) is 8.72. The summed E-state index contributed by atoms with van der Waals surface area (Å²) in [7, 11) is -0.845. The molecule has 0 bridgehead atoms. The quantitative estimate of drug-likeness (QED) is 0.683. The number of carbonyl (C=O) groups is 1. The lowest BCUT2D eigenvalue weighted by Crippen LogP contribution is -2.23. The molecule has 0 atom stereocenters. The highest BCUT2D eigenvalue weighted by Crippen LogP contribution is 2.30. The molecule has 158 valence electrons. The Kier molecular flexibility index (Phi) is 6.97. The number of hydrogen-bond donors (Lipinski definition) is 1. The smallest absolute Gasteiger partial charge is 0.325 e. The molecule has 0 fully saturated rings. The summed E-state index contributed by atoms with van der Waals surface area (Å²) in [6, 6.07) is 5.01. The van der Waals surface area contributed by atoms with E-state index >= 15 is 0 Å². The van der Waals surface area contributed by atoms with E-state index in [-0.39, 0.29) is 15.7 Å². The van der Waals surface area contributed by atoms with E-state index < -0.39 is 27.7 Å². The average Bonchev–Trinajstić information content (AvgIpc) is 2.63. The Hall–Kier alpha value is -2.11. The van der Waals surface area contributed by atoms with Gasteiger partial charge in [0.1, 0.15) is 0 Å². The van der Waals surface area contributed by atoms with Crippen molar-refractivity contribution in [3.8, 4) is 0 Å². The van der Waals surface area contributed by atoms with Gasteiger partial charge in [-0.25, -0.2) is 17.7 Å². The van der Waals surface area contributed by atoms with Gasteiger partial charge in [0.25, 0.3) is 0 Å². The van der Waals surface area contributed by atoms with Crippen molar-refractivity contribution in [2.45, 2.75) is 29.9 Å². The summed E-state index contributed by atoms with van der Waals surface area (Å²) in [5, 5.41) is 2.93. The molecule has 0 saturated heterocycles. The number of pyridine rings is 1. The third kappa shape index (κ3) is 5.71. The SMILES string of the molecule is Cc1cc(S(=O)(=O)N(C)C)cc(NC(=O)CSc2ccc(C(F)(F)F)cn2)c1C. The first-order valence-corrected chi connectivity index (χ1v) is 10.7. The van der Waals surface area contributed by atoms with Crippen LogP contribution in [-0.2, 0) is 21.0 Å². The summed E-state index contributed by atoms with van der Waals surface area (Å²) < 4.78 is 63.5. The van der Waals surface area contributed by atoms with Crippen molar-refractivity contribution in [1.29, 1.82) is 0 Å². The minimum Gasteiger partial charge on any atom is -0.325 e. The standard InChI is InChI=1S/C18H20F3N3O3S2/c1-11-7-14(29(26,27)24(3)4)8-15(12(11)2)23-16(25)10-28-17-6-5-13(9-22-17)18(19,20)21/h5-9H,10H2,1-4H3,(H,23,25). The summed E-state index contributed by atoms with van der Waals surface area (Å²) in [5.41, 5.74) is 0.904. The topological polar surface area (TPSA) is 79.4 Å². The Labute approximate surface area is 171 Å². The van der Waals surface area contributed by atoms with Gasteiger partial charge in [0.15, 0.2) is 0 Å². The predicted molar refractivity (Wildman–Crippen MR) is 105 cm³/mol. The number of sulfonamides is 1. The van der Waals surface area contributed by atoms with Gasteiger partial charge in [-0.15, -0.1) is 0 Å².